The lowest BCUT2D eigenvalue weighted by Gasteiger charge is -2.16. The zero-order valence-electron chi connectivity index (χ0n) is 13.7. The van der Waals surface area contributed by atoms with E-state index in [1.54, 1.807) is 0 Å². The smallest absolute Gasteiger partial charge is 0.0208 e. The minimum Gasteiger partial charge on any atom is -0.310 e. The molecule has 0 fully saturated rings. The summed E-state index contributed by atoms with van der Waals surface area (Å²) >= 11 is 0. The van der Waals surface area contributed by atoms with Crippen molar-refractivity contribution in [2.24, 2.45) is 0 Å². The van der Waals surface area contributed by atoms with Gasteiger partial charge in [0.15, 0.2) is 0 Å². The van der Waals surface area contributed by atoms with E-state index < -0.39 is 0 Å². The van der Waals surface area contributed by atoms with Gasteiger partial charge in [-0.2, -0.15) is 0 Å². The van der Waals surface area contributed by atoms with Crippen molar-refractivity contribution in [2.45, 2.75) is 52.6 Å². The summed E-state index contributed by atoms with van der Waals surface area (Å²) in [6.45, 7) is 9.85. The van der Waals surface area contributed by atoms with Crippen LogP contribution in [0, 0.1) is 6.92 Å². The molecule has 0 aliphatic heterocycles. The summed E-state index contributed by atoms with van der Waals surface area (Å²) in [4.78, 5) is 0. The third-order valence-electron chi connectivity index (χ3n) is 4.09. The lowest BCUT2D eigenvalue weighted by atomic mass is 10.0. The third kappa shape index (κ3) is 4.71. The van der Waals surface area contributed by atoms with Crippen molar-refractivity contribution in [1.29, 1.82) is 0 Å². The molecule has 0 heterocycles. The Morgan fingerprint density at radius 2 is 1.57 bits per heavy atom. The van der Waals surface area contributed by atoms with Crippen molar-refractivity contribution in [3.05, 3.63) is 70.8 Å². The van der Waals surface area contributed by atoms with E-state index >= 15 is 0 Å². The van der Waals surface area contributed by atoms with E-state index in [1.165, 1.54) is 22.3 Å². The molecule has 0 radical (unpaired) electrons. The van der Waals surface area contributed by atoms with Gasteiger partial charge < -0.3 is 5.32 Å². The monoisotopic (exact) mass is 281 g/mol. The summed E-state index contributed by atoms with van der Waals surface area (Å²) in [6.07, 6.45) is 1.08. The Balaban J connectivity index is 1.86. The van der Waals surface area contributed by atoms with Gasteiger partial charge in [0.1, 0.15) is 0 Å². The SMILES string of the molecule is Cc1ccccc1CC(C)NCc1ccc(C(C)C)cc1. The van der Waals surface area contributed by atoms with Crippen LogP contribution in [0.2, 0.25) is 0 Å². The van der Waals surface area contributed by atoms with Gasteiger partial charge in [-0.15, -0.1) is 0 Å². The minimum atomic E-state index is 0.482. The summed E-state index contributed by atoms with van der Waals surface area (Å²) in [5.74, 6) is 0.604. The van der Waals surface area contributed by atoms with Crippen molar-refractivity contribution >= 4 is 0 Å². The second-order valence-corrected chi connectivity index (χ2v) is 6.31. The van der Waals surface area contributed by atoms with Crippen LogP contribution in [-0.2, 0) is 13.0 Å². The molecular formula is C20H27N. The summed E-state index contributed by atoms with van der Waals surface area (Å²) in [5.41, 5.74) is 5.59. The normalized spacial score (nSPS) is 12.6. The molecule has 0 aliphatic rings. The quantitative estimate of drug-likeness (QED) is 0.799. The van der Waals surface area contributed by atoms with Gasteiger partial charge in [-0.1, -0.05) is 62.4 Å². The Bertz CT molecular complexity index is 554. The van der Waals surface area contributed by atoms with Crippen LogP contribution in [0.4, 0.5) is 0 Å². The molecule has 2 aromatic carbocycles. The first-order valence-electron chi connectivity index (χ1n) is 7.93. The maximum absolute atomic E-state index is 3.62. The molecule has 1 heteroatoms. The van der Waals surface area contributed by atoms with E-state index in [4.69, 9.17) is 0 Å². The molecule has 0 spiro atoms. The minimum absolute atomic E-state index is 0.482. The van der Waals surface area contributed by atoms with E-state index in [9.17, 15) is 0 Å². The highest BCUT2D eigenvalue weighted by Crippen LogP contribution is 2.15. The van der Waals surface area contributed by atoms with Gasteiger partial charge in [-0.05, 0) is 48.4 Å². The van der Waals surface area contributed by atoms with Crippen molar-refractivity contribution in [3.8, 4) is 0 Å². The fraction of sp³-hybridized carbons (Fsp3) is 0.400. The number of benzene rings is 2. The average Bonchev–Trinajstić information content (AvgIpc) is 2.48. The molecule has 2 rings (SSSR count). The number of nitrogens with one attached hydrogen (secondary N) is 1. The Morgan fingerprint density at radius 1 is 0.905 bits per heavy atom. The molecule has 0 amide bonds. The van der Waals surface area contributed by atoms with Crippen molar-refractivity contribution in [1.82, 2.24) is 5.32 Å². The molecule has 21 heavy (non-hydrogen) atoms. The van der Waals surface area contributed by atoms with Gasteiger partial charge in [-0.3, -0.25) is 0 Å². The van der Waals surface area contributed by atoms with E-state index in [1.807, 2.05) is 0 Å². The number of aryl methyl sites for hydroxylation is 1. The Morgan fingerprint density at radius 3 is 2.19 bits per heavy atom. The maximum atomic E-state index is 3.62. The average molecular weight is 281 g/mol. The van der Waals surface area contributed by atoms with E-state index in [0.29, 0.717) is 12.0 Å². The van der Waals surface area contributed by atoms with Crippen LogP contribution >= 0.6 is 0 Å². The van der Waals surface area contributed by atoms with Crippen LogP contribution in [0.1, 0.15) is 48.9 Å². The Labute approximate surface area is 129 Å². The van der Waals surface area contributed by atoms with Gasteiger partial charge in [0.25, 0.3) is 0 Å². The molecule has 0 aliphatic carbocycles. The van der Waals surface area contributed by atoms with Crippen molar-refractivity contribution < 1.29 is 0 Å². The van der Waals surface area contributed by atoms with Gasteiger partial charge in [0.05, 0.1) is 0 Å². The van der Waals surface area contributed by atoms with E-state index in [2.05, 4.69) is 81.5 Å². The lowest BCUT2D eigenvalue weighted by molar-refractivity contribution is 0.544. The predicted octanol–water partition coefficient (Wildman–Crippen LogP) is 4.84. The molecule has 1 nitrogen and oxygen atoms in total. The Kier molecular flexibility index (Phi) is 5.58. The predicted molar refractivity (Wildman–Crippen MR) is 91.7 cm³/mol. The van der Waals surface area contributed by atoms with Crippen LogP contribution in [0.15, 0.2) is 48.5 Å². The van der Waals surface area contributed by atoms with Crippen LogP contribution in [-0.4, -0.2) is 6.04 Å². The Hall–Kier alpha value is -1.60. The topological polar surface area (TPSA) is 12.0 Å². The number of rotatable bonds is 6. The summed E-state index contributed by atoms with van der Waals surface area (Å²) in [5, 5.41) is 3.62. The fourth-order valence-electron chi connectivity index (χ4n) is 2.55. The largest absolute Gasteiger partial charge is 0.310 e. The van der Waals surface area contributed by atoms with E-state index in [0.717, 1.165) is 13.0 Å². The number of hydrogen-bond acceptors (Lipinski definition) is 1. The molecular weight excluding hydrogens is 254 g/mol. The molecule has 1 N–H and O–H groups in total. The van der Waals surface area contributed by atoms with E-state index in [-0.39, 0.29) is 0 Å². The van der Waals surface area contributed by atoms with Crippen molar-refractivity contribution in [3.63, 3.8) is 0 Å². The molecule has 2 aromatic rings. The van der Waals surface area contributed by atoms with Crippen LogP contribution in [0.25, 0.3) is 0 Å². The summed E-state index contributed by atoms with van der Waals surface area (Å²) < 4.78 is 0. The standard InChI is InChI=1S/C20H27N/c1-15(2)19-11-9-18(10-12-19)14-21-17(4)13-20-8-6-5-7-16(20)3/h5-12,15,17,21H,13-14H2,1-4H3. The summed E-state index contributed by atoms with van der Waals surface area (Å²) in [7, 11) is 0. The van der Waals surface area contributed by atoms with Crippen LogP contribution < -0.4 is 5.32 Å². The first-order valence-corrected chi connectivity index (χ1v) is 7.93. The van der Waals surface area contributed by atoms with Crippen LogP contribution in [0.5, 0.6) is 0 Å². The van der Waals surface area contributed by atoms with Crippen molar-refractivity contribution in [2.75, 3.05) is 0 Å². The first-order chi connectivity index (χ1) is 10.1. The number of hydrogen-bond donors (Lipinski definition) is 1. The van der Waals surface area contributed by atoms with Crippen LogP contribution in [0.3, 0.4) is 0 Å². The molecule has 0 bridgehead atoms. The molecule has 0 saturated heterocycles. The van der Waals surface area contributed by atoms with Gasteiger partial charge in [0, 0.05) is 12.6 Å². The highest BCUT2D eigenvalue weighted by atomic mass is 14.9. The second kappa shape index (κ2) is 7.42. The molecule has 1 atom stereocenters. The maximum Gasteiger partial charge on any atom is 0.0208 e. The molecule has 112 valence electrons. The lowest BCUT2D eigenvalue weighted by Crippen LogP contribution is -2.27. The molecule has 0 aromatic heterocycles. The van der Waals surface area contributed by atoms with Gasteiger partial charge >= 0.3 is 0 Å². The zero-order chi connectivity index (χ0) is 15.2. The third-order valence-corrected chi connectivity index (χ3v) is 4.09. The van der Waals surface area contributed by atoms with Gasteiger partial charge in [-0.25, -0.2) is 0 Å². The molecule has 0 saturated carbocycles. The zero-order valence-corrected chi connectivity index (χ0v) is 13.7. The first kappa shape index (κ1) is 15.8. The molecule has 1 unspecified atom stereocenters. The van der Waals surface area contributed by atoms with Gasteiger partial charge in [0.2, 0.25) is 0 Å². The highest BCUT2D eigenvalue weighted by molar-refractivity contribution is 5.27. The second-order valence-electron chi connectivity index (χ2n) is 6.31. The highest BCUT2D eigenvalue weighted by Gasteiger charge is 2.05. The summed E-state index contributed by atoms with van der Waals surface area (Å²) in [6, 6.07) is 18.1. The fourth-order valence-corrected chi connectivity index (χ4v) is 2.55.